The molecule has 0 unspecified atom stereocenters. The van der Waals surface area contributed by atoms with Gasteiger partial charge in [0.15, 0.2) is 27.3 Å². The van der Waals surface area contributed by atoms with E-state index in [9.17, 15) is 8.42 Å². The number of sulfone groups is 1. The van der Waals surface area contributed by atoms with Gasteiger partial charge in [0.1, 0.15) is 0 Å². The first-order valence-electron chi connectivity index (χ1n) is 8.91. The van der Waals surface area contributed by atoms with E-state index in [1.165, 1.54) is 0 Å². The maximum absolute atomic E-state index is 12.2. The number of ether oxygens (including phenoxy) is 2. The summed E-state index contributed by atoms with van der Waals surface area (Å²) in [5.74, 6) is 1.97. The highest BCUT2D eigenvalue weighted by molar-refractivity contribution is 14.0. The minimum atomic E-state index is -3.15. The lowest BCUT2D eigenvalue weighted by Crippen LogP contribution is -2.32. The van der Waals surface area contributed by atoms with Gasteiger partial charge in [-0.25, -0.2) is 8.42 Å². The molecule has 2 N–H and O–H groups in total. The summed E-state index contributed by atoms with van der Waals surface area (Å²) in [6.07, 6.45) is 0.488. The Bertz CT molecular complexity index is 890. The van der Waals surface area contributed by atoms with Crippen LogP contribution in [0.25, 0.3) is 0 Å². The predicted octanol–water partition coefficient (Wildman–Crippen LogP) is 3.31. The van der Waals surface area contributed by atoms with Gasteiger partial charge in [-0.1, -0.05) is 30.3 Å². The summed E-state index contributed by atoms with van der Waals surface area (Å²) in [7, 11) is 1.66. The van der Waals surface area contributed by atoms with E-state index in [0.29, 0.717) is 30.4 Å². The Hall–Kier alpha value is -2.01. The van der Waals surface area contributed by atoms with Gasteiger partial charge >= 0.3 is 0 Å². The molecule has 0 saturated heterocycles. The number of rotatable bonds is 9. The van der Waals surface area contributed by atoms with Crippen molar-refractivity contribution in [1.29, 1.82) is 0 Å². The maximum atomic E-state index is 12.2. The first-order chi connectivity index (χ1) is 13.5. The standard InChI is InChI=1S/C20H27N3O4S.HI/c1-21-20(23-17-10-11-18(26-2)19(14-17)27-3)22-12-7-13-28(24,25)15-16-8-5-4-6-9-16;/h4-6,8-11,14H,7,12-13,15H2,1-3H3,(H2,21,22,23);1H. The summed E-state index contributed by atoms with van der Waals surface area (Å²) in [5, 5.41) is 6.27. The molecular formula is C20H28IN3O4S. The number of halogens is 1. The van der Waals surface area contributed by atoms with Gasteiger partial charge < -0.3 is 20.1 Å². The molecule has 2 aromatic rings. The van der Waals surface area contributed by atoms with Crippen LogP contribution in [0.3, 0.4) is 0 Å². The lowest BCUT2D eigenvalue weighted by Gasteiger charge is -2.14. The molecule has 0 bridgehead atoms. The van der Waals surface area contributed by atoms with E-state index in [2.05, 4.69) is 15.6 Å². The first-order valence-corrected chi connectivity index (χ1v) is 10.7. The van der Waals surface area contributed by atoms with Crippen LogP contribution in [-0.2, 0) is 15.6 Å². The Labute approximate surface area is 189 Å². The van der Waals surface area contributed by atoms with Gasteiger partial charge in [-0.2, -0.15) is 0 Å². The van der Waals surface area contributed by atoms with E-state index in [4.69, 9.17) is 9.47 Å². The minimum Gasteiger partial charge on any atom is -0.493 e. The number of nitrogens with one attached hydrogen (secondary N) is 2. The number of hydrogen-bond donors (Lipinski definition) is 2. The molecule has 0 saturated carbocycles. The van der Waals surface area contributed by atoms with Crippen LogP contribution in [0.4, 0.5) is 5.69 Å². The van der Waals surface area contributed by atoms with E-state index in [0.717, 1.165) is 11.3 Å². The predicted molar refractivity (Wildman–Crippen MR) is 128 cm³/mol. The van der Waals surface area contributed by atoms with Gasteiger partial charge in [0.05, 0.1) is 25.7 Å². The maximum Gasteiger partial charge on any atom is 0.195 e. The van der Waals surface area contributed by atoms with Crippen molar-refractivity contribution in [3.8, 4) is 11.5 Å². The molecule has 0 fully saturated rings. The molecular weight excluding hydrogens is 505 g/mol. The SMILES string of the molecule is CN=C(NCCCS(=O)(=O)Cc1ccccc1)Nc1ccc(OC)c(OC)c1.I. The number of nitrogens with zero attached hydrogens (tertiary/aromatic N) is 1. The molecule has 0 aromatic heterocycles. The topological polar surface area (TPSA) is 89.0 Å². The molecule has 0 spiro atoms. The van der Waals surface area contributed by atoms with Gasteiger partial charge in [-0.3, -0.25) is 4.99 Å². The molecule has 7 nitrogen and oxygen atoms in total. The van der Waals surface area contributed by atoms with Crippen molar-refractivity contribution in [1.82, 2.24) is 5.32 Å². The van der Waals surface area contributed by atoms with Crippen LogP contribution < -0.4 is 20.1 Å². The van der Waals surface area contributed by atoms with Gasteiger partial charge in [0.2, 0.25) is 0 Å². The zero-order chi connectivity index (χ0) is 20.4. The first kappa shape index (κ1) is 25.0. The number of anilines is 1. The second kappa shape index (κ2) is 12.5. The van der Waals surface area contributed by atoms with Crippen LogP contribution >= 0.6 is 24.0 Å². The zero-order valence-corrected chi connectivity index (χ0v) is 20.0. The second-order valence-corrected chi connectivity index (χ2v) is 8.31. The van der Waals surface area contributed by atoms with E-state index in [1.54, 1.807) is 33.4 Å². The molecule has 0 heterocycles. The van der Waals surface area contributed by atoms with Crippen molar-refractivity contribution in [3.05, 3.63) is 54.1 Å². The van der Waals surface area contributed by atoms with E-state index < -0.39 is 9.84 Å². The van der Waals surface area contributed by atoms with Crippen molar-refractivity contribution in [2.45, 2.75) is 12.2 Å². The average molecular weight is 533 g/mol. The summed E-state index contributed by atoms with van der Waals surface area (Å²) in [4.78, 5) is 4.16. The van der Waals surface area contributed by atoms with Crippen LogP contribution in [0.2, 0.25) is 0 Å². The highest BCUT2D eigenvalue weighted by Gasteiger charge is 2.12. The third-order valence-corrected chi connectivity index (χ3v) is 5.71. The third-order valence-electron chi connectivity index (χ3n) is 4.02. The number of benzene rings is 2. The van der Waals surface area contributed by atoms with Gasteiger partial charge in [0, 0.05) is 25.3 Å². The molecule has 0 aliphatic carbocycles. The number of hydrogen-bond acceptors (Lipinski definition) is 5. The lowest BCUT2D eigenvalue weighted by atomic mass is 10.2. The van der Waals surface area contributed by atoms with Crippen LogP contribution in [0.5, 0.6) is 11.5 Å². The molecule has 0 aliphatic heterocycles. The summed E-state index contributed by atoms with van der Waals surface area (Å²) < 4.78 is 35.0. The van der Waals surface area contributed by atoms with Crippen LogP contribution in [-0.4, -0.2) is 47.9 Å². The average Bonchev–Trinajstić information content (AvgIpc) is 2.70. The molecule has 2 aromatic carbocycles. The molecule has 0 amide bonds. The van der Waals surface area contributed by atoms with Crippen molar-refractivity contribution >= 4 is 45.5 Å². The van der Waals surface area contributed by atoms with Gasteiger partial charge in [-0.05, 0) is 24.1 Å². The van der Waals surface area contributed by atoms with Crippen molar-refractivity contribution < 1.29 is 17.9 Å². The number of methoxy groups -OCH3 is 2. The highest BCUT2D eigenvalue weighted by atomic mass is 127. The Kier molecular flexibility index (Phi) is 10.8. The van der Waals surface area contributed by atoms with E-state index in [-0.39, 0.29) is 35.5 Å². The monoisotopic (exact) mass is 533 g/mol. The summed E-state index contributed by atoms with van der Waals surface area (Å²) in [6.45, 7) is 0.487. The molecule has 0 radical (unpaired) electrons. The van der Waals surface area contributed by atoms with Crippen LogP contribution in [0.1, 0.15) is 12.0 Å². The third kappa shape index (κ3) is 8.48. The normalized spacial score (nSPS) is 11.3. The molecule has 0 atom stereocenters. The zero-order valence-electron chi connectivity index (χ0n) is 16.8. The molecule has 0 aliphatic rings. The quantitative estimate of drug-likeness (QED) is 0.223. The highest BCUT2D eigenvalue weighted by Crippen LogP contribution is 2.29. The van der Waals surface area contributed by atoms with Gasteiger partial charge in [0.25, 0.3) is 0 Å². The smallest absolute Gasteiger partial charge is 0.195 e. The van der Waals surface area contributed by atoms with Crippen LogP contribution in [0.15, 0.2) is 53.5 Å². The Balaban J connectivity index is 0.00000420. The van der Waals surface area contributed by atoms with Crippen LogP contribution in [0, 0.1) is 0 Å². The largest absolute Gasteiger partial charge is 0.493 e. The number of guanidine groups is 1. The molecule has 29 heavy (non-hydrogen) atoms. The van der Waals surface area contributed by atoms with Crippen molar-refractivity contribution in [3.63, 3.8) is 0 Å². The Morgan fingerprint density at radius 1 is 1.03 bits per heavy atom. The second-order valence-electron chi connectivity index (χ2n) is 6.12. The number of aliphatic imine (C=N–C) groups is 1. The molecule has 2 rings (SSSR count). The summed E-state index contributed by atoms with van der Waals surface area (Å²) in [5.41, 5.74) is 1.59. The Morgan fingerprint density at radius 2 is 1.72 bits per heavy atom. The molecule has 9 heteroatoms. The summed E-state index contributed by atoms with van der Waals surface area (Å²) >= 11 is 0. The molecule has 160 valence electrons. The minimum absolute atomic E-state index is 0. The Morgan fingerprint density at radius 3 is 2.34 bits per heavy atom. The van der Waals surface area contributed by atoms with E-state index in [1.807, 2.05) is 36.4 Å². The fourth-order valence-corrected chi connectivity index (χ4v) is 4.06. The summed E-state index contributed by atoms with van der Waals surface area (Å²) in [6, 6.07) is 14.7. The fourth-order valence-electron chi connectivity index (χ4n) is 2.63. The van der Waals surface area contributed by atoms with Crippen molar-refractivity contribution in [2.24, 2.45) is 4.99 Å². The van der Waals surface area contributed by atoms with E-state index >= 15 is 0 Å². The fraction of sp³-hybridized carbons (Fsp3) is 0.350. The van der Waals surface area contributed by atoms with Gasteiger partial charge in [-0.15, -0.1) is 24.0 Å². The van der Waals surface area contributed by atoms with Crippen molar-refractivity contribution in [2.75, 3.05) is 38.9 Å². The lowest BCUT2D eigenvalue weighted by molar-refractivity contribution is 0.355.